The second-order valence-electron chi connectivity index (χ2n) is 7.82. The zero-order chi connectivity index (χ0) is 22.9. The van der Waals surface area contributed by atoms with Crippen LogP contribution in [0.3, 0.4) is 0 Å². The highest BCUT2D eigenvalue weighted by Crippen LogP contribution is 2.32. The predicted molar refractivity (Wildman–Crippen MR) is 122 cm³/mol. The summed E-state index contributed by atoms with van der Waals surface area (Å²) in [6.07, 6.45) is 2.45. The van der Waals surface area contributed by atoms with Crippen molar-refractivity contribution in [1.29, 1.82) is 0 Å². The fourth-order valence-electron chi connectivity index (χ4n) is 3.79. The highest BCUT2D eigenvalue weighted by Gasteiger charge is 2.18. The molecule has 2 aromatic heterocycles. The largest absolute Gasteiger partial charge is 0.504 e. The van der Waals surface area contributed by atoms with Crippen LogP contribution in [0.15, 0.2) is 79.0 Å². The molecule has 0 saturated heterocycles. The quantitative estimate of drug-likeness (QED) is 0.340. The van der Waals surface area contributed by atoms with Crippen LogP contribution in [0.2, 0.25) is 0 Å². The topological polar surface area (TPSA) is 90.9 Å². The summed E-state index contributed by atoms with van der Waals surface area (Å²) >= 11 is 0. The highest BCUT2D eigenvalue weighted by atomic mass is 19.1. The van der Waals surface area contributed by atoms with E-state index in [0.717, 1.165) is 11.1 Å². The van der Waals surface area contributed by atoms with Gasteiger partial charge in [-0.15, -0.1) is 0 Å². The number of imidazole rings is 1. The van der Waals surface area contributed by atoms with E-state index in [2.05, 4.69) is 4.98 Å². The van der Waals surface area contributed by atoms with Crippen LogP contribution in [-0.2, 0) is 12.8 Å². The lowest BCUT2D eigenvalue weighted by Crippen LogP contribution is -2.01. The molecular formula is C26H20FN3O3. The van der Waals surface area contributed by atoms with Gasteiger partial charge in [0.2, 0.25) is 5.88 Å². The van der Waals surface area contributed by atoms with Gasteiger partial charge in [0.25, 0.3) is 0 Å². The van der Waals surface area contributed by atoms with E-state index in [1.165, 1.54) is 24.3 Å². The maximum Gasteiger partial charge on any atom is 0.219 e. The summed E-state index contributed by atoms with van der Waals surface area (Å²) in [5.74, 6) is -0.841. The second kappa shape index (κ2) is 8.27. The van der Waals surface area contributed by atoms with E-state index in [9.17, 15) is 19.7 Å². The van der Waals surface area contributed by atoms with Gasteiger partial charge in [0.05, 0.1) is 11.4 Å². The number of fused-ring (bicyclic) bond motifs is 1. The van der Waals surface area contributed by atoms with Crippen LogP contribution in [0.4, 0.5) is 4.39 Å². The van der Waals surface area contributed by atoms with Crippen LogP contribution in [0.5, 0.6) is 17.4 Å². The maximum absolute atomic E-state index is 13.3. The number of benzene rings is 3. The number of hydrogen-bond donors (Lipinski definition) is 3. The molecule has 0 aliphatic rings. The molecule has 5 aromatic rings. The molecule has 0 spiro atoms. The van der Waals surface area contributed by atoms with Crippen LogP contribution in [0.1, 0.15) is 22.5 Å². The van der Waals surface area contributed by atoms with Gasteiger partial charge in [0.1, 0.15) is 11.5 Å². The Hall–Kier alpha value is -4.39. The Labute approximate surface area is 188 Å². The Morgan fingerprint density at radius 3 is 2.15 bits per heavy atom. The monoisotopic (exact) mass is 441 g/mol. The van der Waals surface area contributed by atoms with E-state index >= 15 is 0 Å². The third kappa shape index (κ3) is 4.08. The van der Waals surface area contributed by atoms with Crippen molar-refractivity contribution in [1.82, 2.24) is 14.4 Å². The molecule has 3 N–H and O–H groups in total. The molecule has 0 fully saturated rings. The lowest BCUT2D eigenvalue weighted by atomic mass is 10.1. The van der Waals surface area contributed by atoms with Gasteiger partial charge in [-0.1, -0.05) is 42.5 Å². The first-order valence-electron chi connectivity index (χ1n) is 10.4. The molecule has 3 aromatic carbocycles. The van der Waals surface area contributed by atoms with Gasteiger partial charge >= 0.3 is 0 Å². The number of aromatic nitrogens is 3. The van der Waals surface area contributed by atoms with Crippen molar-refractivity contribution in [3.05, 3.63) is 107 Å². The predicted octanol–water partition coefficient (Wildman–Crippen LogP) is 4.83. The fourth-order valence-corrected chi connectivity index (χ4v) is 3.79. The first kappa shape index (κ1) is 20.5. The van der Waals surface area contributed by atoms with E-state index in [4.69, 9.17) is 4.98 Å². The summed E-state index contributed by atoms with van der Waals surface area (Å²) in [4.78, 5) is 9.43. The summed E-state index contributed by atoms with van der Waals surface area (Å²) in [6.45, 7) is 0. The molecule has 164 valence electrons. The van der Waals surface area contributed by atoms with Crippen LogP contribution in [0, 0.1) is 5.82 Å². The van der Waals surface area contributed by atoms with Crippen molar-refractivity contribution in [2.45, 2.75) is 12.8 Å². The summed E-state index contributed by atoms with van der Waals surface area (Å²) in [5.41, 5.74) is 4.53. The number of rotatable bonds is 5. The van der Waals surface area contributed by atoms with E-state index < -0.39 is 0 Å². The van der Waals surface area contributed by atoms with Gasteiger partial charge in [-0.2, -0.15) is 0 Å². The SMILES string of the molecule is Oc1ccc(-c2cn3c(O)c(Cc4ccc(F)cc4)nc3c(Cc3ccccc3)n2)cc1O. The van der Waals surface area contributed by atoms with Gasteiger partial charge < -0.3 is 15.3 Å². The summed E-state index contributed by atoms with van der Waals surface area (Å²) in [7, 11) is 0. The molecule has 0 bridgehead atoms. The highest BCUT2D eigenvalue weighted by molar-refractivity contribution is 5.66. The Kier molecular flexibility index (Phi) is 5.14. The van der Waals surface area contributed by atoms with E-state index in [1.807, 2.05) is 30.3 Å². The number of phenolic OH excluding ortho intramolecular Hbond substituents is 2. The molecule has 0 aliphatic heterocycles. The molecule has 6 nitrogen and oxygen atoms in total. The molecule has 0 saturated carbocycles. The minimum Gasteiger partial charge on any atom is -0.504 e. The first-order valence-corrected chi connectivity index (χ1v) is 10.4. The van der Waals surface area contributed by atoms with Crippen LogP contribution in [-0.4, -0.2) is 29.7 Å². The van der Waals surface area contributed by atoms with Crippen LogP contribution >= 0.6 is 0 Å². The van der Waals surface area contributed by atoms with Gasteiger partial charge in [-0.25, -0.2) is 14.4 Å². The van der Waals surface area contributed by atoms with Crippen molar-refractivity contribution < 1.29 is 19.7 Å². The normalized spacial score (nSPS) is 11.2. The standard InChI is InChI=1S/C26H20FN3O3/c27-19-9-6-17(7-10-19)13-21-26(33)30-15-22(18-8-11-23(31)24(32)14-18)28-20(25(30)29-21)12-16-4-2-1-3-5-16/h1-11,14-15,31-33H,12-13H2. The molecule has 0 unspecified atom stereocenters. The zero-order valence-corrected chi connectivity index (χ0v) is 17.5. The van der Waals surface area contributed by atoms with Gasteiger partial charge in [-0.05, 0) is 41.5 Å². The van der Waals surface area contributed by atoms with Crippen molar-refractivity contribution >= 4 is 5.65 Å². The lowest BCUT2D eigenvalue weighted by Gasteiger charge is -2.09. The average molecular weight is 441 g/mol. The van der Waals surface area contributed by atoms with E-state index in [1.54, 1.807) is 28.8 Å². The summed E-state index contributed by atoms with van der Waals surface area (Å²) in [5, 5.41) is 30.6. The number of phenols is 2. The molecule has 33 heavy (non-hydrogen) atoms. The second-order valence-corrected chi connectivity index (χ2v) is 7.82. The number of hydrogen-bond acceptors (Lipinski definition) is 5. The summed E-state index contributed by atoms with van der Waals surface area (Å²) in [6, 6.07) is 20.3. The van der Waals surface area contributed by atoms with Gasteiger partial charge in [-0.3, -0.25) is 4.40 Å². The Morgan fingerprint density at radius 2 is 1.42 bits per heavy atom. The fraction of sp³-hybridized carbons (Fsp3) is 0.0769. The Bertz CT molecular complexity index is 1450. The third-order valence-electron chi connectivity index (χ3n) is 5.49. The van der Waals surface area contributed by atoms with Crippen molar-refractivity contribution in [3.63, 3.8) is 0 Å². The van der Waals surface area contributed by atoms with Crippen molar-refractivity contribution in [3.8, 4) is 28.6 Å². The van der Waals surface area contributed by atoms with Crippen LogP contribution < -0.4 is 0 Å². The molecule has 0 aliphatic carbocycles. The van der Waals surface area contributed by atoms with E-state index in [-0.39, 0.29) is 23.2 Å². The third-order valence-corrected chi connectivity index (χ3v) is 5.49. The lowest BCUT2D eigenvalue weighted by molar-refractivity contribution is 0.404. The van der Waals surface area contributed by atoms with Gasteiger partial charge in [0, 0.05) is 24.6 Å². The first-order chi connectivity index (χ1) is 16.0. The average Bonchev–Trinajstić information content (AvgIpc) is 3.13. The number of aromatic hydroxyl groups is 3. The van der Waals surface area contributed by atoms with Gasteiger partial charge in [0.15, 0.2) is 17.1 Å². The molecular weight excluding hydrogens is 421 g/mol. The zero-order valence-electron chi connectivity index (χ0n) is 17.5. The van der Waals surface area contributed by atoms with E-state index in [0.29, 0.717) is 41.1 Å². The van der Waals surface area contributed by atoms with Crippen molar-refractivity contribution in [2.24, 2.45) is 0 Å². The number of nitrogens with zero attached hydrogens (tertiary/aromatic N) is 3. The minimum absolute atomic E-state index is 0.0321. The maximum atomic E-state index is 13.3. The summed E-state index contributed by atoms with van der Waals surface area (Å²) < 4.78 is 14.9. The molecule has 5 rings (SSSR count). The van der Waals surface area contributed by atoms with Crippen molar-refractivity contribution in [2.75, 3.05) is 0 Å². The van der Waals surface area contributed by atoms with Crippen LogP contribution in [0.25, 0.3) is 16.9 Å². The Balaban J connectivity index is 1.65. The smallest absolute Gasteiger partial charge is 0.219 e. The minimum atomic E-state index is -0.325. The molecule has 2 heterocycles. The molecule has 0 radical (unpaired) electrons. The molecule has 0 atom stereocenters. The molecule has 0 amide bonds. The molecule has 7 heteroatoms. The number of halogens is 1. The Morgan fingerprint density at radius 1 is 0.727 bits per heavy atom.